The standard InChI is InChI=1S/C17H20ClNO/c1-10-8-9-14(17(20-4)12(10)3)16(19)13-7-5-6-11(2)15(13)18/h5-9,16H,19H2,1-4H3. The number of aryl methyl sites for hydroxylation is 2. The van der Waals surface area contributed by atoms with Gasteiger partial charge < -0.3 is 10.5 Å². The van der Waals surface area contributed by atoms with Crippen molar-refractivity contribution >= 4 is 11.6 Å². The van der Waals surface area contributed by atoms with Crippen LogP contribution in [0, 0.1) is 20.8 Å². The fourth-order valence-electron chi connectivity index (χ4n) is 2.40. The number of nitrogens with two attached hydrogens (primary N) is 1. The molecule has 0 radical (unpaired) electrons. The van der Waals surface area contributed by atoms with Gasteiger partial charge in [-0.1, -0.05) is 41.9 Å². The molecule has 0 aliphatic heterocycles. The second-order valence-corrected chi connectivity index (χ2v) is 5.46. The Morgan fingerprint density at radius 2 is 1.70 bits per heavy atom. The zero-order valence-corrected chi connectivity index (χ0v) is 13.1. The molecule has 0 fully saturated rings. The number of hydrogen-bond donors (Lipinski definition) is 1. The van der Waals surface area contributed by atoms with Crippen LogP contribution in [-0.4, -0.2) is 7.11 Å². The van der Waals surface area contributed by atoms with Crippen molar-refractivity contribution in [2.45, 2.75) is 26.8 Å². The molecule has 2 aromatic carbocycles. The van der Waals surface area contributed by atoms with E-state index in [1.54, 1.807) is 7.11 Å². The first-order chi connectivity index (χ1) is 9.47. The molecule has 2 rings (SSSR count). The van der Waals surface area contributed by atoms with E-state index in [4.69, 9.17) is 22.1 Å². The van der Waals surface area contributed by atoms with Crippen LogP contribution >= 0.6 is 11.6 Å². The quantitative estimate of drug-likeness (QED) is 0.913. The SMILES string of the molecule is COc1c(C(N)c2cccc(C)c2Cl)ccc(C)c1C. The predicted molar refractivity (Wildman–Crippen MR) is 84.7 cm³/mol. The van der Waals surface area contributed by atoms with Crippen molar-refractivity contribution in [2.24, 2.45) is 5.73 Å². The molecule has 0 spiro atoms. The summed E-state index contributed by atoms with van der Waals surface area (Å²) in [7, 11) is 1.68. The minimum absolute atomic E-state index is 0.295. The van der Waals surface area contributed by atoms with Crippen molar-refractivity contribution in [1.82, 2.24) is 0 Å². The van der Waals surface area contributed by atoms with Crippen LogP contribution in [0.2, 0.25) is 5.02 Å². The van der Waals surface area contributed by atoms with E-state index in [0.717, 1.165) is 33.0 Å². The average molecular weight is 290 g/mol. The van der Waals surface area contributed by atoms with Crippen molar-refractivity contribution in [1.29, 1.82) is 0 Å². The van der Waals surface area contributed by atoms with Crippen molar-refractivity contribution in [3.05, 3.63) is 63.2 Å². The number of methoxy groups -OCH3 is 1. The Balaban J connectivity index is 2.56. The molecule has 0 saturated carbocycles. The van der Waals surface area contributed by atoms with E-state index in [-0.39, 0.29) is 6.04 Å². The van der Waals surface area contributed by atoms with Crippen LogP contribution in [-0.2, 0) is 0 Å². The molecule has 0 heterocycles. The Bertz CT molecular complexity index is 637. The molecule has 2 nitrogen and oxygen atoms in total. The molecule has 2 aromatic rings. The third kappa shape index (κ3) is 2.54. The molecule has 0 amide bonds. The number of hydrogen-bond acceptors (Lipinski definition) is 2. The Morgan fingerprint density at radius 3 is 2.35 bits per heavy atom. The van der Waals surface area contributed by atoms with Crippen LogP contribution in [0.4, 0.5) is 0 Å². The zero-order valence-electron chi connectivity index (χ0n) is 12.3. The molecule has 2 N–H and O–H groups in total. The first kappa shape index (κ1) is 14.9. The van der Waals surface area contributed by atoms with Gasteiger partial charge in [0, 0.05) is 10.6 Å². The number of benzene rings is 2. The zero-order chi connectivity index (χ0) is 14.9. The van der Waals surface area contributed by atoms with Gasteiger partial charge in [-0.05, 0) is 43.0 Å². The number of rotatable bonds is 3. The fourth-order valence-corrected chi connectivity index (χ4v) is 2.65. The lowest BCUT2D eigenvalue weighted by atomic mass is 9.94. The molecular weight excluding hydrogens is 270 g/mol. The second-order valence-electron chi connectivity index (χ2n) is 5.09. The van der Waals surface area contributed by atoms with Gasteiger partial charge in [-0.15, -0.1) is 0 Å². The molecule has 1 atom stereocenters. The summed E-state index contributed by atoms with van der Waals surface area (Å²) < 4.78 is 5.55. The van der Waals surface area contributed by atoms with Gasteiger partial charge in [0.25, 0.3) is 0 Å². The highest BCUT2D eigenvalue weighted by Crippen LogP contribution is 2.35. The van der Waals surface area contributed by atoms with Crippen molar-refractivity contribution in [3.8, 4) is 5.75 Å². The minimum Gasteiger partial charge on any atom is -0.496 e. The highest BCUT2D eigenvalue weighted by atomic mass is 35.5. The van der Waals surface area contributed by atoms with Crippen molar-refractivity contribution in [3.63, 3.8) is 0 Å². The van der Waals surface area contributed by atoms with Crippen LogP contribution in [0.25, 0.3) is 0 Å². The Kier molecular flexibility index (Phi) is 4.36. The first-order valence-electron chi connectivity index (χ1n) is 6.62. The molecule has 3 heteroatoms. The highest BCUT2D eigenvalue weighted by Gasteiger charge is 2.19. The molecule has 0 saturated heterocycles. The van der Waals surface area contributed by atoms with Gasteiger partial charge in [-0.25, -0.2) is 0 Å². The average Bonchev–Trinajstić information content (AvgIpc) is 2.44. The van der Waals surface area contributed by atoms with E-state index in [1.165, 1.54) is 5.56 Å². The van der Waals surface area contributed by atoms with Gasteiger partial charge in [0.15, 0.2) is 0 Å². The normalized spacial score (nSPS) is 12.3. The van der Waals surface area contributed by atoms with Crippen molar-refractivity contribution < 1.29 is 4.74 Å². The molecule has 106 valence electrons. The summed E-state index contributed by atoms with van der Waals surface area (Å²) in [6.45, 7) is 6.09. The Labute approximate surface area is 125 Å². The Morgan fingerprint density at radius 1 is 1.00 bits per heavy atom. The maximum atomic E-state index is 6.42. The molecule has 20 heavy (non-hydrogen) atoms. The molecule has 0 aliphatic carbocycles. The van der Waals surface area contributed by atoms with Gasteiger partial charge in [-0.3, -0.25) is 0 Å². The van der Waals surface area contributed by atoms with E-state index in [0.29, 0.717) is 0 Å². The summed E-state index contributed by atoms with van der Waals surface area (Å²) in [5.41, 5.74) is 11.6. The topological polar surface area (TPSA) is 35.2 Å². The summed E-state index contributed by atoms with van der Waals surface area (Å²) >= 11 is 6.38. The summed E-state index contributed by atoms with van der Waals surface area (Å²) in [4.78, 5) is 0. The smallest absolute Gasteiger partial charge is 0.127 e. The van der Waals surface area contributed by atoms with E-state index in [2.05, 4.69) is 13.0 Å². The minimum atomic E-state index is -0.295. The van der Waals surface area contributed by atoms with Gasteiger partial charge >= 0.3 is 0 Å². The summed E-state index contributed by atoms with van der Waals surface area (Å²) in [6.07, 6.45) is 0. The fraction of sp³-hybridized carbons (Fsp3) is 0.294. The maximum absolute atomic E-state index is 6.42. The monoisotopic (exact) mass is 289 g/mol. The second kappa shape index (κ2) is 5.86. The first-order valence-corrected chi connectivity index (χ1v) is 6.99. The lowest BCUT2D eigenvalue weighted by Crippen LogP contribution is -2.14. The Hall–Kier alpha value is -1.51. The van der Waals surface area contributed by atoms with E-state index in [1.807, 2.05) is 38.1 Å². The molecule has 0 bridgehead atoms. The van der Waals surface area contributed by atoms with Crippen LogP contribution in [0.5, 0.6) is 5.75 Å². The van der Waals surface area contributed by atoms with E-state index < -0.39 is 0 Å². The summed E-state index contributed by atoms with van der Waals surface area (Å²) in [5, 5.41) is 0.722. The van der Waals surface area contributed by atoms with E-state index >= 15 is 0 Å². The van der Waals surface area contributed by atoms with Crippen LogP contribution in [0.1, 0.15) is 33.9 Å². The third-order valence-electron chi connectivity index (χ3n) is 3.80. The highest BCUT2D eigenvalue weighted by molar-refractivity contribution is 6.32. The molecular formula is C17H20ClNO. The molecule has 0 aromatic heterocycles. The third-order valence-corrected chi connectivity index (χ3v) is 4.32. The number of halogens is 1. The van der Waals surface area contributed by atoms with E-state index in [9.17, 15) is 0 Å². The number of ether oxygens (including phenoxy) is 1. The van der Waals surface area contributed by atoms with Gasteiger partial charge in [0.05, 0.1) is 13.2 Å². The largest absolute Gasteiger partial charge is 0.496 e. The van der Waals surface area contributed by atoms with Gasteiger partial charge in [0.2, 0.25) is 0 Å². The summed E-state index contributed by atoms with van der Waals surface area (Å²) in [5.74, 6) is 0.843. The summed E-state index contributed by atoms with van der Waals surface area (Å²) in [6, 6.07) is 9.72. The van der Waals surface area contributed by atoms with Gasteiger partial charge in [0.1, 0.15) is 5.75 Å². The lowest BCUT2D eigenvalue weighted by molar-refractivity contribution is 0.404. The predicted octanol–water partition coefficient (Wildman–Crippen LogP) is 4.32. The van der Waals surface area contributed by atoms with Gasteiger partial charge in [-0.2, -0.15) is 0 Å². The van der Waals surface area contributed by atoms with Crippen LogP contribution < -0.4 is 10.5 Å². The van der Waals surface area contributed by atoms with Crippen LogP contribution in [0.15, 0.2) is 30.3 Å². The maximum Gasteiger partial charge on any atom is 0.127 e. The van der Waals surface area contributed by atoms with Crippen molar-refractivity contribution in [2.75, 3.05) is 7.11 Å². The lowest BCUT2D eigenvalue weighted by Gasteiger charge is -2.20. The van der Waals surface area contributed by atoms with Crippen LogP contribution in [0.3, 0.4) is 0 Å². The molecule has 1 unspecified atom stereocenters. The molecule has 0 aliphatic rings.